The van der Waals surface area contributed by atoms with Crippen LogP contribution in [0, 0.1) is 0 Å². The fourth-order valence-electron chi connectivity index (χ4n) is 2.23. The van der Waals surface area contributed by atoms with Gasteiger partial charge in [-0.25, -0.2) is 0 Å². The Kier molecular flexibility index (Phi) is 4.14. The number of benzene rings is 2. The number of hydrogen-bond donors (Lipinski definition) is 1. The molecule has 0 radical (unpaired) electrons. The first kappa shape index (κ1) is 14.9. The number of amides is 2. The van der Waals surface area contributed by atoms with E-state index in [0.717, 1.165) is 5.56 Å². The zero-order valence-corrected chi connectivity index (χ0v) is 12.6. The van der Waals surface area contributed by atoms with E-state index in [1.807, 2.05) is 24.3 Å². The zero-order chi connectivity index (χ0) is 16.2. The third-order valence-electron chi connectivity index (χ3n) is 3.53. The Morgan fingerprint density at radius 1 is 1.09 bits per heavy atom. The van der Waals surface area contributed by atoms with Crippen LogP contribution >= 0.6 is 0 Å². The van der Waals surface area contributed by atoms with Gasteiger partial charge in [-0.15, -0.1) is 0 Å². The van der Waals surface area contributed by atoms with Crippen molar-refractivity contribution in [2.75, 3.05) is 18.7 Å². The molecule has 2 aromatic carbocycles. The topological polar surface area (TPSA) is 67.9 Å². The second-order valence-electron chi connectivity index (χ2n) is 5.07. The van der Waals surface area contributed by atoms with E-state index < -0.39 is 11.8 Å². The lowest BCUT2D eigenvalue weighted by atomic mass is 10.2. The Bertz CT molecular complexity index is 731. The number of hydrogen-bond acceptors (Lipinski definition) is 4. The minimum absolute atomic E-state index is 0.200. The average Bonchev–Trinajstić information content (AvgIpc) is 3.06. The summed E-state index contributed by atoms with van der Waals surface area (Å²) in [6.45, 7) is 0.440. The lowest BCUT2D eigenvalue weighted by Crippen LogP contribution is -2.40. The van der Waals surface area contributed by atoms with Crippen molar-refractivity contribution in [3.63, 3.8) is 0 Å². The van der Waals surface area contributed by atoms with E-state index in [0.29, 0.717) is 17.2 Å². The van der Waals surface area contributed by atoms with E-state index in [-0.39, 0.29) is 13.3 Å². The predicted molar refractivity (Wildman–Crippen MR) is 84.3 cm³/mol. The van der Waals surface area contributed by atoms with Crippen LogP contribution in [-0.4, -0.2) is 25.7 Å². The molecule has 0 aliphatic carbocycles. The summed E-state index contributed by atoms with van der Waals surface area (Å²) < 4.78 is 10.5. The maximum absolute atomic E-state index is 12.1. The number of ether oxygens (including phenoxy) is 2. The van der Waals surface area contributed by atoms with Crippen LogP contribution in [0.5, 0.6) is 11.5 Å². The highest BCUT2D eigenvalue weighted by Crippen LogP contribution is 2.32. The standard InChI is InChI=1S/C17H16N2O4/c1-19(13-5-3-2-4-6-13)17(21)16(20)18-10-12-7-8-14-15(9-12)23-11-22-14/h2-9H,10-11H2,1H3,(H,18,20). The number of rotatable bonds is 3. The molecule has 0 atom stereocenters. The van der Waals surface area contributed by atoms with Crippen molar-refractivity contribution >= 4 is 17.5 Å². The Morgan fingerprint density at radius 2 is 1.83 bits per heavy atom. The third kappa shape index (κ3) is 3.26. The number of likely N-dealkylation sites (N-methyl/N-ethyl adjacent to an activating group) is 1. The molecule has 0 saturated carbocycles. The molecule has 2 aromatic rings. The van der Waals surface area contributed by atoms with Gasteiger partial charge in [0.05, 0.1) is 0 Å². The molecule has 0 fully saturated rings. The number of nitrogens with one attached hydrogen (secondary N) is 1. The molecular formula is C17H16N2O4. The van der Waals surface area contributed by atoms with Crippen molar-refractivity contribution in [1.29, 1.82) is 0 Å². The van der Waals surface area contributed by atoms with E-state index in [1.165, 1.54) is 4.90 Å². The van der Waals surface area contributed by atoms with E-state index in [4.69, 9.17) is 9.47 Å². The number of carbonyl (C=O) groups is 2. The smallest absolute Gasteiger partial charge is 0.316 e. The SMILES string of the molecule is CN(C(=O)C(=O)NCc1ccc2c(c1)OCO2)c1ccccc1. The average molecular weight is 312 g/mol. The van der Waals surface area contributed by atoms with Crippen molar-refractivity contribution in [2.24, 2.45) is 0 Å². The van der Waals surface area contributed by atoms with Crippen LogP contribution in [0.2, 0.25) is 0 Å². The molecule has 0 unspecified atom stereocenters. The van der Waals surface area contributed by atoms with Gasteiger partial charge in [0.2, 0.25) is 6.79 Å². The third-order valence-corrected chi connectivity index (χ3v) is 3.53. The van der Waals surface area contributed by atoms with Crippen molar-refractivity contribution in [3.05, 3.63) is 54.1 Å². The van der Waals surface area contributed by atoms with Crippen LogP contribution in [-0.2, 0) is 16.1 Å². The number of para-hydroxylation sites is 1. The van der Waals surface area contributed by atoms with E-state index in [2.05, 4.69) is 5.32 Å². The highest BCUT2D eigenvalue weighted by molar-refractivity contribution is 6.40. The largest absolute Gasteiger partial charge is 0.454 e. The van der Waals surface area contributed by atoms with E-state index >= 15 is 0 Å². The van der Waals surface area contributed by atoms with Crippen molar-refractivity contribution < 1.29 is 19.1 Å². The lowest BCUT2D eigenvalue weighted by Gasteiger charge is -2.16. The summed E-state index contributed by atoms with van der Waals surface area (Å²) >= 11 is 0. The molecule has 2 amide bonds. The van der Waals surface area contributed by atoms with Gasteiger partial charge in [-0.2, -0.15) is 0 Å². The molecule has 3 rings (SSSR count). The van der Waals surface area contributed by atoms with Crippen molar-refractivity contribution in [1.82, 2.24) is 5.32 Å². The first-order chi connectivity index (χ1) is 11.1. The van der Waals surface area contributed by atoms with Crippen LogP contribution in [0.15, 0.2) is 48.5 Å². The molecule has 6 nitrogen and oxygen atoms in total. The number of anilines is 1. The molecular weight excluding hydrogens is 296 g/mol. The van der Waals surface area contributed by atoms with Gasteiger partial charge in [-0.3, -0.25) is 9.59 Å². The van der Waals surface area contributed by atoms with Gasteiger partial charge in [0.1, 0.15) is 0 Å². The Hall–Kier alpha value is -3.02. The van der Waals surface area contributed by atoms with Gasteiger partial charge in [-0.05, 0) is 29.8 Å². The van der Waals surface area contributed by atoms with Gasteiger partial charge < -0.3 is 19.7 Å². The molecule has 23 heavy (non-hydrogen) atoms. The highest BCUT2D eigenvalue weighted by Gasteiger charge is 2.20. The van der Waals surface area contributed by atoms with Gasteiger partial charge in [0.25, 0.3) is 0 Å². The molecule has 0 saturated heterocycles. The fourth-order valence-corrected chi connectivity index (χ4v) is 2.23. The van der Waals surface area contributed by atoms with Crippen LogP contribution in [0.4, 0.5) is 5.69 Å². The Labute approximate surface area is 133 Å². The van der Waals surface area contributed by atoms with Crippen LogP contribution in [0.1, 0.15) is 5.56 Å². The Morgan fingerprint density at radius 3 is 2.61 bits per heavy atom. The van der Waals surface area contributed by atoms with Gasteiger partial charge in [0, 0.05) is 19.3 Å². The first-order valence-corrected chi connectivity index (χ1v) is 7.14. The molecule has 1 N–H and O–H groups in total. The number of carbonyl (C=O) groups excluding carboxylic acids is 2. The molecule has 118 valence electrons. The summed E-state index contributed by atoms with van der Waals surface area (Å²) in [5.74, 6) is 0.0513. The van der Waals surface area contributed by atoms with E-state index in [9.17, 15) is 9.59 Å². The summed E-state index contributed by atoms with van der Waals surface area (Å²) in [4.78, 5) is 25.4. The maximum atomic E-state index is 12.1. The molecule has 0 aromatic heterocycles. The second kappa shape index (κ2) is 6.39. The molecule has 0 bridgehead atoms. The van der Waals surface area contributed by atoms with Crippen molar-refractivity contribution in [2.45, 2.75) is 6.54 Å². The summed E-state index contributed by atoms with van der Waals surface area (Å²) in [7, 11) is 1.57. The molecule has 1 heterocycles. The maximum Gasteiger partial charge on any atom is 0.316 e. The highest BCUT2D eigenvalue weighted by atomic mass is 16.7. The zero-order valence-electron chi connectivity index (χ0n) is 12.6. The predicted octanol–water partition coefficient (Wildman–Crippen LogP) is 1.69. The van der Waals surface area contributed by atoms with Crippen LogP contribution < -0.4 is 19.7 Å². The molecule has 1 aliphatic rings. The quantitative estimate of drug-likeness (QED) is 0.876. The number of nitrogens with zero attached hydrogens (tertiary/aromatic N) is 1. The molecule has 1 aliphatic heterocycles. The van der Waals surface area contributed by atoms with Crippen molar-refractivity contribution in [3.8, 4) is 11.5 Å². The van der Waals surface area contributed by atoms with E-state index in [1.54, 1.807) is 31.3 Å². The van der Waals surface area contributed by atoms with Gasteiger partial charge >= 0.3 is 11.8 Å². The normalized spacial score (nSPS) is 11.9. The second-order valence-corrected chi connectivity index (χ2v) is 5.07. The summed E-state index contributed by atoms with van der Waals surface area (Å²) in [5, 5.41) is 2.61. The lowest BCUT2D eigenvalue weighted by molar-refractivity contribution is -0.137. The first-order valence-electron chi connectivity index (χ1n) is 7.14. The minimum Gasteiger partial charge on any atom is -0.454 e. The molecule has 6 heteroatoms. The Balaban J connectivity index is 1.60. The molecule has 0 spiro atoms. The summed E-state index contributed by atoms with van der Waals surface area (Å²) in [6, 6.07) is 14.4. The summed E-state index contributed by atoms with van der Waals surface area (Å²) in [5.41, 5.74) is 1.49. The van der Waals surface area contributed by atoms with Crippen LogP contribution in [0.3, 0.4) is 0 Å². The van der Waals surface area contributed by atoms with Crippen LogP contribution in [0.25, 0.3) is 0 Å². The fraction of sp³-hybridized carbons (Fsp3) is 0.176. The number of fused-ring (bicyclic) bond motifs is 1. The minimum atomic E-state index is -0.658. The van der Waals surface area contributed by atoms with Gasteiger partial charge in [-0.1, -0.05) is 24.3 Å². The monoisotopic (exact) mass is 312 g/mol. The van der Waals surface area contributed by atoms with Gasteiger partial charge in [0.15, 0.2) is 11.5 Å². The summed E-state index contributed by atoms with van der Waals surface area (Å²) in [6.07, 6.45) is 0.